The fourth-order valence-electron chi connectivity index (χ4n) is 4.13. The molecule has 1 atom stereocenters. The summed E-state index contributed by atoms with van der Waals surface area (Å²) < 4.78 is 16.4. The summed E-state index contributed by atoms with van der Waals surface area (Å²) in [6, 6.07) is 25.9. The van der Waals surface area contributed by atoms with Crippen LogP contribution in [0.3, 0.4) is 0 Å². The van der Waals surface area contributed by atoms with Crippen LogP contribution < -0.4 is 19.5 Å². The number of rotatable bonds is 12. The number of nitrogens with one attached hydrogen (secondary N) is 1. The second-order valence-corrected chi connectivity index (χ2v) is 8.08. The van der Waals surface area contributed by atoms with E-state index in [9.17, 15) is 0 Å². The topological polar surface area (TPSA) is 39.7 Å². The van der Waals surface area contributed by atoms with Gasteiger partial charge in [0.2, 0.25) is 0 Å². The Morgan fingerprint density at radius 3 is 1.75 bits per heavy atom. The molecule has 0 aliphatic heterocycles. The van der Waals surface area contributed by atoms with Crippen LogP contribution in [0, 0.1) is 0 Å². The first-order chi connectivity index (χ1) is 15.7. The lowest BCUT2D eigenvalue weighted by atomic mass is 9.88. The van der Waals surface area contributed by atoms with Gasteiger partial charge in [0.15, 0.2) is 11.5 Å². The highest BCUT2D eigenvalue weighted by Crippen LogP contribution is 2.35. The molecular weight excluding hydrogens is 398 g/mol. The molecule has 0 aliphatic carbocycles. The molecule has 32 heavy (non-hydrogen) atoms. The third kappa shape index (κ3) is 6.27. The van der Waals surface area contributed by atoms with Crippen LogP contribution in [-0.2, 0) is 6.42 Å². The molecule has 3 aromatic carbocycles. The lowest BCUT2D eigenvalue weighted by Gasteiger charge is -2.21. The number of aryl methyl sites for hydroxylation is 1. The van der Waals surface area contributed by atoms with Gasteiger partial charge in [-0.05, 0) is 55.5 Å². The maximum atomic E-state index is 5.57. The molecule has 0 bridgehead atoms. The van der Waals surface area contributed by atoms with Crippen LogP contribution in [0.1, 0.15) is 42.4 Å². The highest BCUT2D eigenvalue weighted by molar-refractivity contribution is 5.50. The van der Waals surface area contributed by atoms with Crippen LogP contribution in [0.4, 0.5) is 0 Å². The third-order valence-corrected chi connectivity index (χ3v) is 5.96. The molecule has 0 saturated carbocycles. The van der Waals surface area contributed by atoms with Crippen molar-refractivity contribution in [3.63, 3.8) is 0 Å². The highest BCUT2D eigenvalue weighted by Gasteiger charge is 2.15. The average Bonchev–Trinajstić information content (AvgIpc) is 2.85. The van der Waals surface area contributed by atoms with Gasteiger partial charge in [-0.1, -0.05) is 60.7 Å². The van der Waals surface area contributed by atoms with Crippen LogP contribution >= 0.6 is 0 Å². The van der Waals surface area contributed by atoms with Gasteiger partial charge in [-0.3, -0.25) is 0 Å². The van der Waals surface area contributed by atoms with E-state index in [1.807, 2.05) is 12.1 Å². The van der Waals surface area contributed by atoms with Gasteiger partial charge in [0, 0.05) is 18.0 Å². The van der Waals surface area contributed by atoms with Crippen molar-refractivity contribution in [1.82, 2.24) is 5.32 Å². The monoisotopic (exact) mass is 433 g/mol. The first-order valence-electron chi connectivity index (χ1n) is 11.3. The minimum atomic E-state index is 0.389. The molecule has 1 N–H and O–H groups in total. The van der Waals surface area contributed by atoms with Gasteiger partial charge in [-0.2, -0.15) is 0 Å². The lowest BCUT2D eigenvalue weighted by Crippen LogP contribution is -2.28. The summed E-state index contributed by atoms with van der Waals surface area (Å²) in [5.41, 5.74) is 3.86. The molecule has 0 aromatic heterocycles. The number of methoxy groups -OCH3 is 3. The molecule has 3 aromatic rings. The Balaban J connectivity index is 1.58. The van der Waals surface area contributed by atoms with E-state index in [1.165, 1.54) is 11.1 Å². The maximum Gasteiger partial charge on any atom is 0.164 e. The Morgan fingerprint density at radius 1 is 0.688 bits per heavy atom. The van der Waals surface area contributed by atoms with Crippen LogP contribution in [0.2, 0.25) is 0 Å². The summed E-state index contributed by atoms with van der Waals surface area (Å²) in [6.45, 7) is 3.20. The standard InChI is InChI=1S/C28H35NO3/c1-21(15-16-24-19-27(31-3)28(32-4)20-26(24)30-2)29-18-17-25(22-11-7-5-8-12-22)23-13-9-6-10-14-23/h5-14,19-21,25,29H,15-18H2,1-4H3/t21-/m0/s1. The number of hydrogen-bond donors (Lipinski definition) is 1. The fourth-order valence-corrected chi connectivity index (χ4v) is 4.13. The molecule has 0 aliphatic rings. The SMILES string of the molecule is COc1cc(OC)c(OC)cc1CC[C@H](C)NCCC(c1ccccc1)c1ccccc1. The molecule has 4 nitrogen and oxygen atoms in total. The highest BCUT2D eigenvalue weighted by atomic mass is 16.5. The second-order valence-electron chi connectivity index (χ2n) is 8.08. The van der Waals surface area contributed by atoms with E-state index in [-0.39, 0.29) is 0 Å². The number of benzene rings is 3. The molecule has 0 radical (unpaired) electrons. The van der Waals surface area contributed by atoms with Crippen LogP contribution in [0.15, 0.2) is 72.8 Å². The predicted octanol–water partition coefficient (Wildman–Crippen LogP) is 5.85. The van der Waals surface area contributed by atoms with Gasteiger partial charge in [0.1, 0.15) is 5.75 Å². The van der Waals surface area contributed by atoms with E-state index < -0.39 is 0 Å². The van der Waals surface area contributed by atoms with Crippen molar-refractivity contribution in [1.29, 1.82) is 0 Å². The summed E-state index contributed by atoms with van der Waals surface area (Å²) in [4.78, 5) is 0. The molecule has 0 heterocycles. The molecule has 0 saturated heterocycles. The van der Waals surface area contributed by atoms with Crippen molar-refractivity contribution in [2.75, 3.05) is 27.9 Å². The summed E-state index contributed by atoms with van der Waals surface area (Å²) >= 11 is 0. The summed E-state index contributed by atoms with van der Waals surface area (Å²) in [5, 5.41) is 3.71. The zero-order valence-electron chi connectivity index (χ0n) is 19.6. The molecule has 3 rings (SSSR count). The van der Waals surface area contributed by atoms with Crippen molar-refractivity contribution in [2.45, 2.75) is 38.1 Å². The molecule has 0 spiro atoms. The Hall–Kier alpha value is -2.98. The van der Waals surface area contributed by atoms with E-state index in [2.05, 4.69) is 72.9 Å². The second kappa shape index (κ2) is 12.2. The Kier molecular flexibility index (Phi) is 9.00. The number of hydrogen-bond acceptors (Lipinski definition) is 4. The largest absolute Gasteiger partial charge is 0.496 e. The van der Waals surface area contributed by atoms with Gasteiger partial charge in [0.05, 0.1) is 21.3 Å². The molecule has 0 unspecified atom stereocenters. The molecule has 0 fully saturated rings. The van der Waals surface area contributed by atoms with Crippen LogP contribution in [0.25, 0.3) is 0 Å². The minimum absolute atomic E-state index is 0.389. The summed E-state index contributed by atoms with van der Waals surface area (Å²) in [7, 11) is 5.00. The normalized spacial score (nSPS) is 11.9. The van der Waals surface area contributed by atoms with E-state index in [0.29, 0.717) is 17.7 Å². The van der Waals surface area contributed by atoms with Crippen molar-refractivity contribution >= 4 is 0 Å². The lowest BCUT2D eigenvalue weighted by molar-refractivity contribution is 0.347. The Morgan fingerprint density at radius 2 is 1.22 bits per heavy atom. The van der Waals surface area contributed by atoms with Crippen LogP contribution in [0.5, 0.6) is 17.2 Å². The first-order valence-corrected chi connectivity index (χ1v) is 11.3. The molecule has 170 valence electrons. The molecular formula is C28H35NO3. The smallest absolute Gasteiger partial charge is 0.164 e. The van der Waals surface area contributed by atoms with E-state index in [4.69, 9.17) is 14.2 Å². The summed E-state index contributed by atoms with van der Waals surface area (Å²) in [5.74, 6) is 2.65. The quantitative estimate of drug-likeness (QED) is 0.389. The fraction of sp³-hybridized carbons (Fsp3) is 0.357. The van der Waals surface area contributed by atoms with Gasteiger partial charge >= 0.3 is 0 Å². The van der Waals surface area contributed by atoms with Gasteiger partial charge in [-0.15, -0.1) is 0 Å². The third-order valence-electron chi connectivity index (χ3n) is 5.96. The van der Waals surface area contributed by atoms with E-state index >= 15 is 0 Å². The van der Waals surface area contributed by atoms with Crippen molar-refractivity contribution in [2.24, 2.45) is 0 Å². The van der Waals surface area contributed by atoms with E-state index in [1.54, 1.807) is 21.3 Å². The van der Waals surface area contributed by atoms with Gasteiger partial charge in [-0.25, -0.2) is 0 Å². The van der Waals surface area contributed by atoms with Crippen LogP contribution in [-0.4, -0.2) is 33.9 Å². The summed E-state index contributed by atoms with van der Waals surface area (Å²) in [6.07, 6.45) is 2.96. The van der Waals surface area contributed by atoms with Crippen molar-refractivity contribution < 1.29 is 14.2 Å². The number of ether oxygens (including phenoxy) is 3. The minimum Gasteiger partial charge on any atom is -0.496 e. The Labute approximate surface area is 192 Å². The molecule has 0 amide bonds. The Bertz CT molecular complexity index is 904. The predicted molar refractivity (Wildman–Crippen MR) is 131 cm³/mol. The zero-order chi connectivity index (χ0) is 22.8. The zero-order valence-corrected chi connectivity index (χ0v) is 19.6. The average molecular weight is 434 g/mol. The first kappa shape index (κ1) is 23.7. The molecule has 4 heteroatoms. The van der Waals surface area contributed by atoms with Crippen molar-refractivity contribution in [3.05, 3.63) is 89.5 Å². The maximum absolute atomic E-state index is 5.57. The van der Waals surface area contributed by atoms with E-state index in [0.717, 1.165) is 42.9 Å². The van der Waals surface area contributed by atoms with Crippen molar-refractivity contribution in [3.8, 4) is 17.2 Å². The van der Waals surface area contributed by atoms with Gasteiger partial charge in [0.25, 0.3) is 0 Å². The van der Waals surface area contributed by atoms with Gasteiger partial charge < -0.3 is 19.5 Å².